The van der Waals surface area contributed by atoms with Gasteiger partial charge in [0.05, 0.1) is 0 Å². The first-order chi connectivity index (χ1) is 8.58. The Morgan fingerprint density at radius 2 is 2.39 bits per heavy atom. The van der Waals surface area contributed by atoms with Gasteiger partial charge in [-0.2, -0.15) is 0 Å². The van der Waals surface area contributed by atoms with Crippen LogP contribution in [0.25, 0.3) is 0 Å². The van der Waals surface area contributed by atoms with Crippen LogP contribution in [-0.4, -0.2) is 36.1 Å². The van der Waals surface area contributed by atoms with Gasteiger partial charge < -0.3 is 10.5 Å². The van der Waals surface area contributed by atoms with E-state index in [0.29, 0.717) is 18.8 Å². The minimum Gasteiger partial charge on any atom is -0.461 e. The van der Waals surface area contributed by atoms with Gasteiger partial charge >= 0.3 is 5.97 Å². The van der Waals surface area contributed by atoms with Crippen LogP contribution in [0.3, 0.4) is 0 Å². The summed E-state index contributed by atoms with van der Waals surface area (Å²) in [5.74, 6) is -0.398. The lowest BCUT2D eigenvalue weighted by molar-refractivity contribution is -0.138. The zero-order valence-corrected chi connectivity index (χ0v) is 10.8. The number of aromatic nitrogens is 1. The molecule has 1 rings (SSSR count). The number of nitrogens with zero attached hydrogens (tertiary/aromatic N) is 2. The molecule has 0 aliphatic heterocycles. The lowest BCUT2D eigenvalue weighted by Gasteiger charge is -2.15. The van der Waals surface area contributed by atoms with Gasteiger partial charge in [-0.05, 0) is 25.6 Å². The maximum absolute atomic E-state index is 11.2. The molecule has 18 heavy (non-hydrogen) atoms. The highest BCUT2D eigenvalue weighted by atomic mass is 16.5. The molecule has 5 nitrogen and oxygen atoms in total. The van der Waals surface area contributed by atoms with Gasteiger partial charge in [0, 0.05) is 37.3 Å². The van der Waals surface area contributed by atoms with Crippen LogP contribution in [0.15, 0.2) is 36.3 Å². The highest BCUT2D eigenvalue weighted by Crippen LogP contribution is 2.00. The Morgan fingerprint density at radius 1 is 1.61 bits per heavy atom. The molecular weight excluding hydrogens is 230 g/mol. The molecule has 0 spiro atoms. The minimum atomic E-state index is -0.398. The first kappa shape index (κ1) is 14.2. The van der Waals surface area contributed by atoms with Gasteiger partial charge in [0.2, 0.25) is 0 Å². The molecule has 0 atom stereocenters. The molecular formula is C13H19N3O2. The van der Waals surface area contributed by atoms with E-state index in [0.717, 1.165) is 12.1 Å². The van der Waals surface area contributed by atoms with Crippen molar-refractivity contribution in [2.24, 2.45) is 5.73 Å². The first-order valence-electron chi connectivity index (χ1n) is 5.76. The SMILES string of the molecule is CC(N)=CC(=O)OCCN(C)Cc1cccnc1. The fourth-order valence-electron chi connectivity index (χ4n) is 1.41. The predicted molar refractivity (Wildman–Crippen MR) is 69.5 cm³/mol. The summed E-state index contributed by atoms with van der Waals surface area (Å²) in [6.07, 6.45) is 4.84. The molecule has 1 aromatic heterocycles. The third-order valence-electron chi connectivity index (χ3n) is 2.24. The van der Waals surface area contributed by atoms with Crippen LogP contribution in [0.1, 0.15) is 12.5 Å². The number of nitrogens with two attached hydrogens (primary N) is 1. The third-order valence-corrected chi connectivity index (χ3v) is 2.24. The Bertz CT molecular complexity index is 400. The summed E-state index contributed by atoms with van der Waals surface area (Å²) in [5, 5.41) is 0. The molecule has 2 N–H and O–H groups in total. The minimum absolute atomic E-state index is 0.347. The van der Waals surface area contributed by atoms with E-state index in [4.69, 9.17) is 10.5 Å². The Labute approximate surface area is 107 Å². The second-order valence-electron chi connectivity index (χ2n) is 4.15. The van der Waals surface area contributed by atoms with Gasteiger partial charge in [0.1, 0.15) is 6.61 Å². The topological polar surface area (TPSA) is 68.5 Å². The Balaban J connectivity index is 2.24. The molecule has 0 bridgehead atoms. The van der Waals surface area contributed by atoms with Crippen molar-refractivity contribution in [3.8, 4) is 0 Å². The highest BCUT2D eigenvalue weighted by Gasteiger charge is 2.02. The molecule has 0 saturated heterocycles. The largest absolute Gasteiger partial charge is 0.461 e. The molecule has 0 amide bonds. The van der Waals surface area contributed by atoms with E-state index in [1.807, 2.05) is 25.4 Å². The van der Waals surface area contributed by atoms with Crippen LogP contribution in [0.2, 0.25) is 0 Å². The average Bonchev–Trinajstić information content (AvgIpc) is 2.29. The molecule has 0 aliphatic rings. The number of carbonyl (C=O) groups excluding carboxylic acids is 1. The summed E-state index contributed by atoms with van der Waals surface area (Å²) in [4.78, 5) is 17.3. The summed E-state index contributed by atoms with van der Waals surface area (Å²) in [7, 11) is 1.96. The third kappa shape index (κ3) is 6.00. The molecule has 1 heterocycles. The van der Waals surface area contributed by atoms with Crippen LogP contribution < -0.4 is 5.73 Å². The van der Waals surface area contributed by atoms with E-state index in [9.17, 15) is 4.79 Å². The maximum Gasteiger partial charge on any atom is 0.332 e. The van der Waals surface area contributed by atoms with Gasteiger partial charge in [-0.15, -0.1) is 0 Å². The van der Waals surface area contributed by atoms with Crippen LogP contribution >= 0.6 is 0 Å². The number of rotatable bonds is 6. The van der Waals surface area contributed by atoms with Gasteiger partial charge in [0.15, 0.2) is 0 Å². The number of hydrogen-bond donors (Lipinski definition) is 1. The number of carbonyl (C=O) groups is 1. The van der Waals surface area contributed by atoms with E-state index in [2.05, 4.69) is 9.88 Å². The van der Waals surface area contributed by atoms with Crippen LogP contribution in [0, 0.1) is 0 Å². The lowest BCUT2D eigenvalue weighted by Crippen LogP contribution is -2.23. The molecule has 0 radical (unpaired) electrons. The quantitative estimate of drug-likeness (QED) is 0.599. The van der Waals surface area contributed by atoms with E-state index in [-0.39, 0.29) is 0 Å². The molecule has 98 valence electrons. The number of ether oxygens (including phenoxy) is 1. The summed E-state index contributed by atoms with van der Waals surface area (Å²) in [6, 6.07) is 3.91. The number of allylic oxidation sites excluding steroid dienone is 1. The number of hydrogen-bond acceptors (Lipinski definition) is 5. The smallest absolute Gasteiger partial charge is 0.332 e. The lowest BCUT2D eigenvalue weighted by atomic mass is 10.3. The van der Waals surface area contributed by atoms with E-state index in [1.54, 1.807) is 13.1 Å². The second-order valence-corrected chi connectivity index (χ2v) is 4.15. The fourth-order valence-corrected chi connectivity index (χ4v) is 1.41. The molecule has 1 aromatic rings. The summed E-state index contributed by atoms with van der Waals surface area (Å²) in [5.41, 5.74) is 6.95. The van der Waals surface area contributed by atoms with Crippen LogP contribution in [-0.2, 0) is 16.1 Å². The van der Waals surface area contributed by atoms with Crippen LogP contribution in [0.4, 0.5) is 0 Å². The molecule has 0 aromatic carbocycles. The predicted octanol–water partition coefficient (Wildman–Crippen LogP) is 0.919. The van der Waals surface area contributed by atoms with E-state index in [1.165, 1.54) is 6.08 Å². The summed E-state index contributed by atoms with van der Waals surface area (Å²) in [6.45, 7) is 3.43. The Kier molecular flexibility index (Phi) is 5.87. The van der Waals surface area contributed by atoms with Crippen molar-refractivity contribution >= 4 is 5.97 Å². The van der Waals surface area contributed by atoms with E-state index >= 15 is 0 Å². The van der Waals surface area contributed by atoms with Gasteiger partial charge in [-0.3, -0.25) is 9.88 Å². The summed E-state index contributed by atoms with van der Waals surface area (Å²) >= 11 is 0. The second kappa shape index (κ2) is 7.45. The fraction of sp³-hybridized carbons (Fsp3) is 0.385. The monoisotopic (exact) mass is 249 g/mol. The number of esters is 1. The average molecular weight is 249 g/mol. The normalized spacial score (nSPS) is 11.6. The molecule has 0 saturated carbocycles. The Morgan fingerprint density at radius 3 is 3.00 bits per heavy atom. The van der Waals surface area contributed by atoms with Crippen molar-refractivity contribution in [2.45, 2.75) is 13.5 Å². The van der Waals surface area contributed by atoms with Crippen molar-refractivity contribution in [1.29, 1.82) is 0 Å². The number of pyridine rings is 1. The first-order valence-corrected chi connectivity index (χ1v) is 5.76. The zero-order chi connectivity index (χ0) is 13.4. The maximum atomic E-state index is 11.2. The van der Waals surface area contributed by atoms with Crippen molar-refractivity contribution in [3.05, 3.63) is 41.9 Å². The Hall–Kier alpha value is -1.88. The van der Waals surface area contributed by atoms with Crippen molar-refractivity contribution in [3.63, 3.8) is 0 Å². The van der Waals surface area contributed by atoms with Crippen molar-refractivity contribution in [1.82, 2.24) is 9.88 Å². The van der Waals surface area contributed by atoms with E-state index < -0.39 is 5.97 Å². The molecule has 5 heteroatoms. The van der Waals surface area contributed by atoms with Crippen molar-refractivity contribution in [2.75, 3.05) is 20.2 Å². The highest BCUT2D eigenvalue weighted by molar-refractivity contribution is 5.82. The molecule has 0 fully saturated rings. The van der Waals surface area contributed by atoms with Crippen molar-refractivity contribution < 1.29 is 9.53 Å². The molecule has 0 unspecified atom stereocenters. The summed E-state index contributed by atoms with van der Waals surface area (Å²) < 4.78 is 5.01. The number of likely N-dealkylation sites (N-methyl/N-ethyl adjacent to an activating group) is 1. The zero-order valence-electron chi connectivity index (χ0n) is 10.8. The standard InChI is InChI=1S/C13H19N3O2/c1-11(14)8-13(17)18-7-6-16(2)10-12-4-3-5-15-9-12/h3-5,8-9H,6-7,10,14H2,1-2H3. The van der Waals surface area contributed by atoms with Gasteiger partial charge in [-0.25, -0.2) is 4.79 Å². The van der Waals surface area contributed by atoms with Gasteiger partial charge in [0.25, 0.3) is 0 Å². The van der Waals surface area contributed by atoms with Gasteiger partial charge in [-0.1, -0.05) is 6.07 Å². The van der Waals surface area contributed by atoms with Crippen LogP contribution in [0.5, 0.6) is 0 Å². The molecule has 0 aliphatic carbocycles.